The van der Waals surface area contributed by atoms with Gasteiger partial charge in [-0.15, -0.1) is 0 Å². The number of ether oxygens (including phenoxy) is 1. The number of hydrogen-bond acceptors (Lipinski definition) is 3. The van der Waals surface area contributed by atoms with E-state index in [1.807, 2.05) is 45.2 Å². The van der Waals surface area contributed by atoms with Crippen LogP contribution in [0, 0.1) is 5.92 Å². The van der Waals surface area contributed by atoms with Gasteiger partial charge in [0.05, 0.1) is 13.0 Å². The van der Waals surface area contributed by atoms with E-state index in [9.17, 15) is 9.59 Å². The first-order chi connectivity index (χ1) is 11.8. The maximum Gasteiger partial charge on any atom is 0.317 e. The van der Waals surface area contributed by atoms with Crippen molar-refractivity contribution in [2.75, 3.05) is 27.2 Å². The molecule has 1 aliphatic rings. The number of carbonyl (C=O) groups excluding carboxylic acids is 2. The summed E-state index contributed by atoms with van der Waals surface area (Å²) >= 11 is 0. The Morgan fingerprint density at radius 2 is 2.08 bits per heavy atom. The standard InChI is InChI=1S/C19H29N3O3/c1-13(2)20-19(24)22(5)12-17-14(3)11-21(4)18(23)10-15-8-6-7-9-16(15)25-17/h6-9,13-14,17H,10-12H2,1-5H3,(H,20,24)/t14-,17+/m0/s1. The summed E-state index contributed by atoms with van der Waals surface area (Å²) in [6.07, 6.45) is 0.132. The average molecular weight is 347 g/mol. The average Bonchev–Trinajstić information content (AvgIpc) is 2.57. The van der Waals surface area contributed by atoms with Crippen molar-refractivity contribution in [2.24, 2.45) is 5.92 Å². The summed E-state index contributed by atoms with van der Waals surface area (Å²) < 4.78 is 6.25. The quantitative estimate of drug-likeness (QED) is 0.911. The zero-order chi connectivity index (χ0) is 18.6. The predicted octanol–water partition coefficient (Wildman–Crippen LogP) is 2.13. The van der Waals surface area contributed by atoms with E-state index in [2.05, 4.69) is 12.2 Å². The highest BCUT2D eigenvalue weighted by Gasteiger charge is 2.28. The number of rotatable bonds is 3. The Bertz CT molecular complexity index is 618. The molecule has 3 amide bonds. The molecule has 0 spiro atoms. The van der Waals surface area contributed by atoms with Crippen LogP contribution < -0.4 is 10.1 Å². The highest BCUT2D eigenvalue weighted by molar-refractivity contribution is 5.79. The highest BCUT2D eigenvalue weighted by atomic mass is 16.5. The predicted molar refractivity (Wildman–Crippen MR) is 97.7 cm³/mol. The van der Waals surface area contributed by atoms with E-state index in [0.29, 0.717) is 19.5 Å². The molecular formula is C19H29N3O3. The second-order valence-corrected chi connectivity index (χ2v) is 7.18. The van der Waals surface area contributed by atoms with Crippen molar-refractivity contribution in [2.45, 2.75) is 39.3 Å². The molecule has 0 unspecified atom stereocenters. The zero-order valence-electron chi connectivity index (χ0n) is 15.8. The minimum Gasteiger partial charge on any atom is -0.488 e. The van der Waals surface area contributed by atoms with Crippen molar-refractivity contribution < 1.29 is 14.3 Å². The summed E-state index contributed by atoms with van der Waals surface area (Å²) in [5.74, 6) is 0.893. The fraction of sp³-hybridized carbons (Fsp3) is 0.579. The molecule has 1 N–H and O–H groups in total. The van der Waals surface area contributed by atoms with Gasteiger partial charge in [0.2, 0.25) is 5.91 Å². The first-order valence-corrected chi connectivity index (χ1v) is 8.78. The minimum atomic E-state index is -0.197. The summed E-state index contributed by atoms with van der Waals surface area (Å²) in [5.41, 5.74) is 0.882. The molecule has 0 aromatic heterocycles. The Balaban J connectivity index is 2.21. The van der Waals surface area contributed by atoms with Crippen molar-refractivity contribution in [1.82, 2.24) is 15.1 Å². The molecule has 0 bridgehead atoms. The number of carbonyl (C=O) groups is 2. The fourth-order valence-corrected chi connectivity index (χ4v) is 2.92. The molecule has 0 radical (unpaired) electrons. The SMILES string of the molecule is CC(C)NC(=O)N(C)C[C@H]1Oc2ccccc2CC(=O)N(C)C[C@@H]1C. The van der Waals surface area contributed by atoms with E-state index in [1.165, 1.54) is 0 Å². The van der Waals surface area contributed by atoms with Crippen molar-refractivity contribution >= 4 is 11.9 Å². The van der Waals surface area contributed by atoms with Crippen LogP contribution in [0.5, 0.6) is 5.75 Å². The van der Waals surface area contributed by atoms with Crippen LogP contribution in [0.4, 0.5) is 4.79 Å². The molecular weight excluding hydrogens is 318 g/mol. The van der Waals surface area contributed by atoms with Gasteiger partial charge in [0, 0.05) is 38.2 Å². The fourth-order valence-electron chi connectivity index (χ4n) is 2.92. The van der Waals surface area contributed by atoms with Crippen molar-refractivity contribution in [1.29, 1.82) is 0 Å². The van der Waals surface area contributed by atoms with Crippen LogP contribution in [0.2, 0.25) is 0 Å². The number of nitrogens with one attached hydrogen (secondary N) is 1. The third kappa shape index (κ3) is 5.11. The minimum absolute atomic E-state index is 0.0782. The lowest BCUT2D eigenvalue weighted by Crippen LogP contribution is -2.48. The van der Waals surface area contributed by atoms with Gasteiger partial charge in [-0.3, -0.25) is 4.79 Å². The van der Waals surface area contributed by atoms with Crippen LogP contribution in [-0.4, -0.2) is 61.1 Å². The molecule has 2 atom stereocenters. The first kappa shape index (κ1) is 19.1. The molecule has 0 aliphatic carbocycles. The van der Waals surface area contributed by atoms with Gasteiger partial charge in [-0.25, -0.2) is 4.79 Å². The molecule has 2 rings (SSSR count). The number of fused-ring (bicyclic) bond motifs is 1. The summed E-state index contributed by atoms with van der Waals surface area (Å²) in [6, 6.07) is 7.59. The highest BCUT2D eigenvalue weighted by Crippen LogP contribution is 2.25. The number of para-hydroxylation sites is 1. The largest absolute Gasteiger partial charge is 0.488 e. The number of benzene rings is 1. The van der Waals surface area contributed by atoms with E-state index >= 15 is 0 Å². The Morgan fingerprint density at radius 3 is 2.76 bits per heavy atom. The number of urea groups is 1. The Hall–Kier alpha value is -2.24. The molecule has 1 heterocycles. The van der Waals surface area contributed by atoms with E-state index in [1.54, 1.807) is 16.8 Å². The number of hydrogen-bond donors (Lipinski definition) is 1. The molecule has 1 aromatic rings. The monoisotopic (exact) mass is 347 g/mol. The van der Waals surface area contributed by atoms with Crippen LogP contribution in [0.15, 0.2) is 24.3 Å². The molecule has 0 saturated carbocycles. The van der Waals surface area contributed by atoms with Crippen molar-refractivity contribution in [3.8, 4) is 5.75 Å². The number of amides is 3. The lowest BCUT2D eigenvalue weighted by atomic mass is 10.0. The summed E-state index contributed by atoms with van der Waals surface area (Å²) in [4.78, 5) is 28.0. The molecule has 25 heavy (non-hydrogen) atoms. The van der Waals surface area contributed by atoms with Gasteiger partial charge in [0.1, 0.15) is 11.9 Å². The number of likely N-dealkylation sites (N-methyl/N-ethyl adjacent to an activating group) is 2. The summed E-state index contributed by atoms with van der Waals surface area (Å²) in [7, 11) is 3.58. The zero-order valence-corrected chi connectivity index (χ0v) is 15.8. The smallest absolute Gasteiger partial charge is 0.317 e. The molecule has 1 aromatic carbocycles. The topological polar surface area (TPSA) is 61.9 Å². The normalized spacial score (nSPS) is 20.9. The van der Waals surface area contributed by atoms with Crippen LogP contribution in [0.25, 0.3) is 0 Å². The van der Waals surface area contributed by atoms with E-state index in [-0.39, 0.29) is 30.0 Å². The van der Waals surface area contributed by atoms with Crippen molar-refractivity contribution in [3.05, 3.63) is 29.8 Å². The van der Waals surface area contributed by atoms with Gasteiger partial charge in [-0.2, -0.15) is 0 Å². The molecule has 0 fully saturated rings. The molecule has 1 aliphatic heterocycles. The second kappa shape index (κ2) is 8.23. The van der Waals surface area contributed by atoms with Gasteiger partial charge in [0.15, 0.2) is 0 Å². The van der Waals surface area contributed by atoms with Gasteiger partial charge in [-0.1, -0.05) is 25.1 Å². The Kier molecular flexibility index (Phi) is 6.28. The lowest BCUT2D eigenvalue weighted by molar-refractivity contribution is -0.129. The van der Waals surface area contributed by atoms with Crippen molar-refractivity contribution in [3.63, 3.8) is 0 Å². The molecule has 138 valence electrons. The molecule has 6 heteroatoms. The molecule has 6 nitrogen and oxygen atoms in total. The van der Waals surface area contributed by atoms with E-state index in [4.69, 9.17) is 4.74 Å². The van der Waals surface area contributed by atoms with Gasteiger partial charge >= 0.3 is 6.03 Å². The third-order valence-electron chi connectivity index (χ3n) is 4.43. The first-order valence-electron chi connectivity index (χ1n) is 8.78. The number of nitrogens with zero attached hydrogens (tertiary/aromatic N) is 2. The van der Waals surface area contributed by atoms with E-state index in [0.717, 1.165) is 11.3 Å². The maximum atomic E-state index is 12.4. The van der Waals surface area contributed by atoms with Crippen LogP contribution in [0.1, 0.15) is 26.3 Å². The Morgan fingerprint density at radius 1 is 1.40 bits per heavy atom. The maximum absolute atomic E-state index is 12.4. The van der Waals surface area contributed by atoms with E-state index < -0.39 is 0 Å². The molecule has 0 saturated heterocycles. The lowest BCUT2D eigenvalue weighted by Gasteiger charge is -2.31. The van der Waals surface area contributed by atoms with Crippen LogP contribution in [0.3, 0.4) is 0 Å². The van der Waals surface area contributed by atoms with Crippen LogP contribution >= 0.6 is 0 Å². The van der Waals surface area contributed by atoms with Gasteiger partial charge in [0.25, 0.3) is 0 Å². The third-order valence-corrected chi connectivity index (χ3v) is 4.43. The van der Waals surface area contributed by atoms with Gasteiger partial charge < -0.3 is 19.9 Å². The van der Waals surface area contributed by atoms with Crippen LogP contribution in [-0.2, 0) is 11.2 Å². The van der Waals surface area contributed by atoms with Gasteiger partial charge in [-0.05, 0) is 19.9 Å². The second-order valence-electron chi connectivity index (χ2n) is 7.18. The Labute approximate surface area is 150 Å². The summed E-state index contributed by atoms with van der Waals surface area (Å²) in [5, 5.41) is 2.89. The summed E-state index contributed by atoms with van der Waals surface area (Å²) in [6.45, 7) is 6.97.